The Morgan fingerprint density at radius 2 is 1.69 bits per heavy atom. The number of benzene rings is 2. The fourth-order valence-electron chi connectivity index (χ4n) is 2.48. The smallest absolute Gasteiger partial charge is 0.407 e. The zero-order chi connectivity index (χ0) is 19.2. The molecule has 0 aromatic heterocycles. The Morgan fingerprint density at radius 3 is 2.23 bits per heavy atom. The quantitative estimate of drug-likeness (QED) is 0.788. The summed E-state index contributed by atoms with van der Waals surface area (Å²) in [5.41, 5.74) is 0.261. The molecule has 0 bridgehead atoms. The number of ether oxygens (including phenoxy) is 2. The van der Waals surface area contributed by atoms with Crippen molar-refractivity contribution in [3.8, 4) is 5.75 Å². The second-order valence-electron chi connectivity index (χ2n) is 6.44. The number of carbonyl (C=O) groups excluding carboxylic acids is 1. The van der Waals surface area contributed by atoms with Gasteiger partial charge in [-0.05, 0) is 37.1 Å². The minimum atomic E-state index is -1.24. The highest BCUT2D eigenvalue weighted by Crippen LogP contribution is 2.34. The van der Waals surface area contributed by atoms with E-state index in [9.17, 15) is 14.7 Å². The molecule has 2 aromatic rings. The zero-order valence-corrected chi connectivity index (χ0v) is 15.1. The molecule has 6 nitrogen and oxygen atoms in total. The van der Waals surface area contributed by atoms with Crippen LogP contribution in [-0.4, -0.2) is 24.3 Å². The number of carboxylic acids is 1. The molecule has 2 rings (SSSR count). The SMILES string of the molecule is COc1ccc(C(NC(=O)OCc2ccccc2)C(C)(C)C(=O)O)cc1. The number of hydrogen-bond acceptors (Lipinski definition) is 4. The minimum Gasteiger partial charge on any atom is -0.497 e. The Balaban J connectivity index is 2.15. The summed E-state index contributed by atoms with van der Waals surface area (Å²) in [7, 11) is 1.55. The molecule has 2 N–H and O–H groups in total. The summed E-state index contributed by atoms with van der Waals surface area (Å²) in [6, 6.07) is 15.4. The van der Waals surface area contributed by atoms with Crippen LogP contribution >= 0.6 is 0 Å². The van der Waals surface area contributed by atoms with E-state index in [0.717, 1.165) is 5.56 Å². The van der Waals surface area contributed by atoms with Crippen molar-refractivity contribution in [2.75, 3.05) is 7.11 Å². The summed E-state index contributed by atoms with van der Waals surface area (Å²) in [4.78, 5) is 23.9. The van der Waals surface area contributed by atoms with Gasteiger partial charge in [0.15, 0.2) is 0 Å². The minimum absolute atomic E-state index is 0.107. The third-order valence-corrected chi connectivity index (χ3v) is 4.20. The van der Waals surface area contributed by atoms with Gasteiger partial charge in [0.1, 0.15) is 12.4 Å². The van der Waals surface area contributed by atoms with Crippen LogP contribution in [0.15, 0.2) is 54.6 Å². The molecule has 26 heavy (non-hydrogen) atoms. The van der Waals surface area contributed by atoms with Crippen molar-refractivity contribution in [2.24, 2.45) is 5.41 Å². The summed E-state index contributed by atoms with van der Waals surface area (Å²) in [6.07, 6.45) is -0.677. The van der Waals surface area contributed by atoms with Gasteiger partial charge in [-0.25, -0.2) is 4.79 Å². The van der Waals surface area contributed by atoms with Gasteiger partial charge >= 0.3 is 12.1 Å². The monoisotopic (exact) mass is 357 g/mol. The Labute approximate surface area is 152 Å². The van der Waals surface area contributed by atoms with E-state index in [4.69, 9.17) is 9.47 Å². The third-order valence-electron chi connectivity index (χ3n) is 4.20. The topological polar surface area (TPSA) is 84.9 Å². The van der Waals surface area contributed by atoms with Crippen molar-refractivity contribution in [1.29, 1.82) is 0 Å². The van der Waals surface area contributed by atoms with Gasteiger partial charge in [0.2, 0.25) is 0 Å². The Bertz CT molecular complexity index is 741. The fourth-order valence-corrected chi connectivity index (χ4v) is 2.48. The zero-order valence-electron chi connectivity index (χ0n) is 15.1. The number of methoxy groups -OCH3 is 1. The van der Waals surface area contributed by atoms with Gasteiger partial charge in [-0.15, -0.1) is 0 Å². The van der Waals surface area contributed by atoms with Crippen LogP contribution in [0.2, 0.25) is 0 Å². The number of aliphatic carboxylic acids is 1. The molecule has 2 aromatic carbocycles. The van der Waals surface area contributed by atoms with Gasteiger partial charge in [-0.1, -0.05) is 42.5 Å². The Hall–Kier alpha value is -3.02. The predicted molar refractivity (Wildman–Crippen MR) is 96.9 cm³/mol. The first kappa shape index (κ1) is 19.3. The lowest BCUT2D eigenvalue weighted by Gasteiger charge is -2.31. The van der Waals surface area contributed by atoms with Gasteiger partial charge < -0.3 is 19.9 Å². The average Bonchev–Trinajstić information content (AvgIpc) is 2.65. The predicted octanol–water partition coefficient (Wildman–Crippen LogP) is 3.77. The summed E-state index contributed by atoms with van der Waals surface area (Å²) >= 11 is 0. The number of hydrogen-bond donors (Lipinski definition) is 2. The number of carboxylic acid groups (broad SMARTS) is 1. The molecule has 1 atom stereocenters. The number of rotatable bonds is 7. The molecule has 0 heterocycles. The van der Waals surface area contributed by atoms with Crippen molar-refractivity contribution in [3.05, 3.63) is 65.7 Å². The summed E-state index contributed by atoms with van der Waals surface area (Å²) < 4.78 is 10.4. The second kappa shape index (κ2) is 8.38. The van der Waals surface area contributed by atoms with Gasteiger partial charge in [-0.2, -0.15) is 0 Å². The molecule has 138 valence electrons. The lowest BCUT2D eigenvalue weighted by molar-refractivity contribution is -0.148. The fraction of sp³-hybridized carbons (Fsp3) is 0.300. The first-order chi connectivity index (χ1) is 12.3. The molecule has 0 spiro atoms. The maximum atomic E-state index is 12.2. The second-order valence-corrected chi connectivity index (χ2v) is 6.44. The third kappa shape index (κ3) is 4.75. The van der Waals surface area contributed by atoms with Crippen molar-refractivity contribution in [2.45, 2.75) is 26.5 Å². The molecule has 0 aliphatic heterocycles. The molecule has 0 saturated carbocycles. The van der Waals surface area contributed by atoms with Gasteiger partial charge in [0, 0.05) is 0 Å². The summed E-state index contributed by atoms with van der Waals surface area (Å²) in [5, 5.41) is 12.3. The number of alkyl carbamates (subject to hydrolysis) is 1. The number of carbonyl (C=O) groups is 2. The molecule has 1 unspecified atom stereocenters. The van der Waals surface area contributed by atoms with Gasteiger partial charge in [-0.3, -0.25) is 4.79 Å². The van der Waals surface area contributed by atoms with E-state index in [1.54, 1.807) is 45.2 Å². The molecule has 0 aliphatic carbocycles. The molecule has 0 aliphatic rings. The molecule has 0 saturated heterocycles. The van der Waals surface area contributed by atoms with E-state index in [0.29, 0.717) is 11.3 Å². The van der Waals surface area contributed by atoms with Crippen LogP contribution in [0.3, 0.4) is 0 Å². The molecule has 0 fully saturated rings. The van der Waals surface area contributed by atoms with Crippen LogP contribution in [0.1, 0.15) is 31.0 Å². The number of amides is 1. The molecule has 0 radical (unpaired) electrons. The molecular weight excluding hydrogens is 334 g/mol. The van der Waals surface area contributed by atoms with Crippen LogP contribution in [0.4, 0.5) is 4.79 Å². The molecule has 6 heteroatoms. The van der Waals surface area contributed by atoms with E-state index >= 15 is 0 Å². The first-order valence-electron chi connectivity index (χ1n) is 8.19. The van der Waals surface area contributed by atoms with E-state index in [-0.39, 0.29) is 6.61 Å². The summed E-state index contributed by atoms with van der Waals surface area (Å²) in [6.45, 7) is 3.22. The van der Waals surface area contributed by atoms with E-state index in [2.05, 4.69) is 5.32 Å². The maximum Gasteiger partial charge on any atom is 0.407 e. The Morgan fingerprint density at radius 1 is 1.08 bits per heavy atom. The average molecular weight is 357 g/mol. The largest absolute Gasteiger partial charge is 0.497 e. The number of nitrogens with one attached hydrogen (secondary N) is 1. The highest BCUT2D eigenvalue weighted by Gasteiger charge is 2.39. The maximum absolute atomic E-state index is 12.2. The van der Waals surface area contributed by atoms with Crippen LogP contribution < -0.4 is 10.1 Å². The van der Waals surface area contributed by atoms with Crippen LogP contribution in [0.25, 0.3) is 0 Å². The van der Waals surface area contributed by atoms with Gasteiger partial charge in [0.25, 0.3) is 0 Å². The Kier molecular flexibility index (Phi) is 6.22. The molecule has 1 amide bonds. The highest BCUT2D eigenvalue weighted by atomic mass is 16.5. The lowest BCUT2D eigenvalue weighted by Crippen LogP contribution is -2.42. The normalized spacial score (nSPS) is 12.1. The van der Waals surface area contributed by atoms with Crippen molar-refractivity contribution in [1.82, 2.24) is 5.32 Å². The van der Waals surface area contributed by atoms with Crippen LogP contribution in [0.5, 0.6) is 5.75 Å². The van der Waals surface area contributed by atoms with E-state index in [1.165, 1.54) is 0 Å². The van der Waals surface area contributed by atoms with Crippen LogP contribution in [0, 0.1) is 5.41 Å². The lowest BCUT2D eigenvalue weighted by atomic mass is 9.80. The summed E-state index contributed by atoms with van der Waals surface area (Å²) in [5.74, 6) is -0.381. The van der Waals surface area contributed by atoms with E-state index in [1.807, 2.05) is 30.3 Å². The highest BCUT2D eigenvalue weighted by molar-refractivity contribution is 5.77. The van der Waals surface area contributed by atoms with Crippen LogP contribution in [-0.2, 0) is 16.1 Å². The van der Waals surface area contributed by atoms with Crippen molar-refractivity contribution >= 4 is 12.1 Å². The van der Waals surface area contributed by atoms with Crippen molar-refractivity contribution < 1.29 is 24.2 Å². The van der Waals surface area contributed by atoms with Crippen molar-refractivity contribution in [3.63, 3.8) is 0 Å². The van der Waals surface area contributed by atoms with Gasteiger partial charge in [0.05, 0.1) is 18.6 Å². The molecular formula is C20H23NO5. The standard InChI is InChI=1S/C20H23NO5/c1-20(2,18(22)23)17(15-9-11-16(25-3)12-10-15)21-19(24)26-13-14-7-5-4-6-8-14/h4-12,17H,13H2,1-3H3,(H,21,24)(H,22,23). The van der Waals surface area contributed by atoms with E-state index < -0.39 is 23.5 Å². The first-order valence-corrected chi connectivity index (χ1v) is 8.19.